The second-order valence-electron chi connectivity index (χ2n) is 6.79. The lowest BCUT2D eigenvalue weighted by atomic mass is 10.1. The quantitative estimate of drug-likeness (QED) is 0.264. The van der Waals surface area contributed by atoms with Gasteiger partial charge in [0.2, 0.25) is 5.75 Å². The molecular formula is C24H23ClO8P-. The third kappa shape index (κ3) is 6.38. The minimum absolute atomic E-state index is 0.0308. The molecule has 8 nitrogen and oxygen atoms in total. The Morgan fingerprint density at radius 3 is 1.94 bits per heavy atom. The van der Waals surface area contributed by atoms with Crippen molar-refractivity contribution < 1.29 is 37.5 Å². The SMILES string of the molecule is COc1ccc(/C=C\c2cc(OC)c(OC)c(OC)c2)cc1OP(=O)([O-])Oc1cccc(Cl)c1. The molecule has 0 N–H and O–H groups in total. The van der Waals surface area contributed by atoms with Crippen molar-refractivity contribution in [3.05, 3.63) is 70.7 Å². The largest absolute Gasteiger partial charge is 0.736 e. The lowest BCUT2D eigenvalue weighted by Gasteiger charge is -2.24. The smallest absolute Gasteiger partial charge is 0.372 e. The molecule has 3 aromatic carbocycles. The fourth-order valence-electron chi connectivity index (χ4n) is 3.05. The van der Waals surface area contributed by atoms with Gasteiger partial charge in [-0.25, -0.2) is 4.57 Å². The van der Waals surface area contributed by atoms with Gasteiger partial charge in [0.1, 0.15) is 5.75 Å². The van der Waals surface area contributed by atoms with Crippen molar-refractivity contribution in [2.24, 2.45) is 0 Å². The first-order valence-corrected chi connectivity index (χ1v) is 11.7. The molecule has 0 saturated heterocycles. The summed E-state index contributed by atoms with van der Waals surface area (Å²) in [5.74, 6) is 1.71. The van der Waals surface area contributed by atoms with Crippen molar-refractivity contribution in [1.82, 2.24) is 0 Å². The van der Waals surface area contributed by atoms with E-state index in [4.69, 9.17) is 39.6 Å². The monoisotopic (exact) mass is 505 g/mol. The van der Waals surface area contributed by atoms with E-state index in [1.54, 1.807) is 48.6 Å². The Morgan fingerprint density at radius 2 is 1.35 bits per heavy atom. The summed E-state index contributed by atoms with van der Waals surface area (Å²) in [6, 6.07) is 14.4. The zero-order valence-electron chi connectivity index (χ0n) is 18.9. The van der Waals surface area contributed by atoms with Crippen LogP contribution in [-0.2, 0) is 4.57 Å². The summed E-state index contributed by atoms with van der Waals surface area (Å²) in [6.07, 6.45) is 3.57. The van der Waals surface area contributed by atoms with E-state index in [1.165, 1.54) is 46.6 Å². The predicted molar refractivity (Wildman–Crippen MR) is 128 cm³/mol. The summed E-state index contributed by atoms with van der Waals surface area (Å²) in [5, 5.41) is 0.328. The molecule has 0 aliphatic rings. The first kappa shape index (κ1) is 25.3. The van der Waals surface area contributed by atoms with Crippen LogP contribution in [-0.4, -0.2) is 28.4 Å². The maximum atomic E-state index is 12.5. The molecule has 0 amide bonds. The molecule has 180 valence electrons. The Balaban J connectivity index is 1.86. The highest BCUT2D eigenvalue weighted by atomic mass is 35.5. The molecule has 0 saturated carbocycles. The summed E-state index contributed by atoms with van der Waals surface area (Å²) in [6.45, 7) is 0. The number of hydrogen-bond donors (Lipinski definition) is 0. The van der Waals surface area contributed by atoms with Gasteiger partial charge in [-0.1, -0.05) is 35.9 Å². The van der Waals surface area contributed by atoms with E-state index in [0.717, 1.165) is 5.56 Å². The second kappa shape index (κ2) is 11.2. The zero-order valence-corrected chi connectivity index (χ0v) is 20.6. The fraction of sp³-hybridized carbons (Fsp3) is 0.167. The molecule has 0 radical (unpaired) electrons. The van der Waals surface area contributed by atoms with Gasteiger partial charge in [-0.05, 0) is 53.6 Å². The van der Waals surface area contributed by atoms with E-state index >= 15 is 0 Å². The van der Waals surface area contributed by atoms with Crippen LogP contribution >= 0.6 is 19.4 Å². The average molecular weight is 506 g/mol. The van der Waals surface area contributed by atoms with E-state index in [-0.39, 0.29) is 17.2 Å². The van der Waals surface area contributed by atoms with E-state index in [2.05, 4.69) is 0 Å². The first-order valence-electron chi connectivity index (χ1n) is 9.90. The minimum Gasteiger partial charge on any atom is -0.736 e. The molecule has 0 heterocycles. The van der Waals surface area contributed by atoms with Gasteiger partial charge in [-0.3, -0.25) is 0 Å². The zero-order chi connectivity index (χ0) is 24.7. The maximum absolute atomic E-state index is 12.5. The van der Waals surface area contributed by atoms with Gasteiger partial charge in [0.15, 0.2) is 23.0 Å². The number of rotatable bonds is 10. The molecule has 0 aromatic heterocycles. The third-order valence-electron chi connectivity index (χ3n) is 4.57. The Bertz CT molecular complexity index is 1200. The molecule has 3 aromatic rings. The lowest BCUT2D eigenvalue weighted by molar-refractivity contribution is -0.208. The molecule has 3 rings (SSSR count). The van der Waals surface area contributed by atoms with Gasteiger partial charge in [0, 0.05) is 5.02 Å². The first-order chi connectivity index (χ1) is 16.3. The van der Waals surface area contributed by atoms with Crippen LogP contribution in [0.4, 0.5) is 0 Å². The number of ether oxygens (including phenoxy) is 4. The normalized spacial score (nSPS) is 12.6. The molecular weight excluding hydrogens is 483 g/mol. The fourth-order valence-corrected chi connectivity index (χ4v) is 4.02. The van der Waals surface area contributed by atoms with Crippen LogP contribution in [0, 0.1) is 0 Å². The van der Waals surface area contributed by atoms with Crippen LogP contribution in [0.25, 0.3) is 12.2 Å². The minimum atomic E-state index is -4.78. The summed E-state index contributed by atoms with van der Waals surface area (Å²) < 4.78 is 44.0. The van der Waals surface area contributed by atoms with Crippen molar-refractivity contribution in [3.63, 3.8) is 0 Å². The molecule has 1 unspecified atom stereocenters. The number of benzene rings is 3. The van der Waals surface area contributed by atoms with Gasteiger partial charge in [-0.2, -0.15) is 0 Å². The standard InChI is InChI=1S/C24H24ClO8P/c1-28-20-11-10-16(8-9-17-13-22(29-2)24(31-4)23(14-17)30-3)12-21(20)33-34(26,27)32-19-7-5-6-18(25)15-19/h5-15H,1-4H3,(H,26,27)/p-1/b9-8-. The summed E-state index contributed by atoms with van der Waals surface area (Å²) in [5.41, 5.74) is 1.42. The van der Waals surface area contributed by atoms with Crippen molar-refractivity contribution in [2.45, 2.75) is 0 Å². The van der Waals surface area contributed by atoms with Crippen LogP contribution in [0.3, 0.4) is 0 Å². The number of hydrogen-bond acceptors (Lipinski definition) is 8. The molecule has 0 spiro atoms. The predicted octanol–water partition coefficient (Wildman–Crippen LogP) is 5.47. The molecule has 0 aliphatic heterocycles. The highest BCUT2D eigenvalue weighted by Gasteiger charge is 2.17. The van der Waals surface area contributed by atoms with Gasteiger partial charge in [0.25, 0.3) is 0 Å². The number of phosphoric ester groups is 1. The van der Waals surface area contributed by atoms with Crippen LogP contribution < -0.4 is 32.9 Å². The van der Waals surface area contributed by atoms with Gasteiger partial charge in [-0.15, -0.1) is 0 Å². The number of methoxy groups -OCH3 is 4. The summed E-state index contributed by atoms with van der Waals surface area (Å²) in [7, 11) is 1.21. The van der Waals surface area contributed by atoms with Gasteiger partial charge < -0.3 is 32.9 Å². The van der Waals surface area contributed by atoms with Gasteiger partial charge >= 0.3 is 7.82 Å². The van der Waals surface area contributed by atoms with Crippen molar-refractivity contribution in [1.29, 1.82) is 0 Å². The van der Waals surface area contributed by atoms with Crippen molar-refractivity contribution >= 4 is 31.6 Å². The maximum Gasteiger partial charge on any atom is 0.372 e. The summed E-state index contributed by atoms with van der Waals surface area (Å²) >= 11 is 5.88. The van der Waals surface area contributed by atoms with Crippen LogP contribution in [0.2, 0.25) is 5.02 Å². The third-order valence-corrected chi connectivity index (χ3v) is 5.66. The van der Waals surface area contributed by atoms with Crippen LogP contribution in [0.5, 0.6) is 34.5 Å². The summed E-state index contributed by atoms with van der Waals surface area (Å²) in [4.78, 5) is 12.5. The number of phosphoric acid groups is 1. The Morgan fingerprint density at radius 1 is 0.735 bits per heavy atom. The molecule has 10 heteroatoms. The molecule has 34 heavy (non-hydrogen) atoms. The van der Waals surface area contributed by atoms with E-state index < -0.39 is 7.82 Å². The second-order valence-corrected chi connectivity index (χ2v) is 8.49. The molecule has 1 atom stereocenters. The average Bonchev–Trinajstić information content (AvgIpc) is 2.81. The van der Waals surface area contributed by atoms with E-state index in [0.29, 0.717) is 27.8 Å². The lowest BCUT2D eigenvalue weighted by Crippen LogP contribution is -2.13. The Kier molecular flexibility index (Phi) is 8.34. The molecule has 0 bridgehead atoms. The van der Waals surface area contributed by atoms with Crippen LogP contribution in [0.15, 0.2) is 54.6 Å². The van der Waals surface area contributed by atoms with E-state index in [1.807, 2.05) is 0 Å². The Hall–Kier alpha value is -3.32. The van der Waals surface area contributed by atoms with Crippen LogP contribution in [0.1, 0.15) is 11.1 Å². The highest BCUT2D eigenvalue weighted by molar-refractivity contribution is 7.46. The van der Waals surface area contributed by atoms with Crippen molar-refractivity contribution in [3.8, 4) is 34.5 Å². The van der Waals surface area contributed by atoms with E-state index in [9.17, 15) is 9.46 Å². The Labute approximate surface area is 202 Å². The molecule has 0 fully saturated rings. The highest BCUT2D eigenvalue weighted by Crippen LogP contribution is 2.44. The van der Waals surface area contributed by atoms with Crippen molar-refractivity contribution in [2.75, 3.05) is 28.4 Å². The topological polar surface area (TPSA) is 95.5 Å². The number of halogens is 1. The van der Waals surface area contributed by atoms with Gasteiger partial charge in [0.05, 0.1) is 28.4 Å². The molecule has 0 aliphatic carbocycles.